The Balaban J connectivity index is 3.76. The van der Waals surface area contributed by atoms with Crippen molar-refractivity contribution in [2.75, 3.05) is 6.61 Å². The minimum atomic E-state index is -0.324. The third-order valence-electron chi connectivity index (χ3n) is 2.15. The Morgan fingerprint density at radius 3 is 2.17 bits per heavy atom. The molecule has 0 heterocycles. The topological polar surface area (TPSA) is 40.5 Å². The van der Waals surface area contributed by atoms with Gasteiger partial charge in [0.05, 0.1) is 6.10 Å². The molecule has 0 saturated carbocycles. The van der Waals surface area contributed by atoms with Gasteiger partial charge in [-0.15, -0.1) is 0 Å². The van der Waals surface area contributed by atoms with E-state index >= 15 is 0 Å². The van der Waals surface area contributed by atoms with Gasteiger partial charge in [0, 0.05) is 12.5 Å². The molecule has 0 radical (unpaired) electrons. The number of aliphatic hydroxyl groups excluding tert-OH is 2. The van der Waals surface area contributed by atoms with Crippen LogP contribution in [0.1, 0.15) is 40.0 Å². The lowest BCUT2D eigenvalue weighted by Crippen LogP contribution is -2.25. The Kier molecular flexibility index (Phi) is 6.39. The number of rotatable bonds is 6. The average molecular weight is 174 g/mol. The summed E-state index contributed by atoms with van der Waals surface area (Å²) in [7, 11) is 0. The van der Waals surface area contributed by atoms with E-state index in [1.165, 1.54) is 0 Å². The molecule has 2 unspecified atom stereocenters. The van der Waals surface area contributed by atoms with Crippen LogP contribution in [0.5, 0.6) is 0 Å². The second-order valence-electron chi connectivity index (χ2n) is 3.93. The average Bonchev–Trinajstić information content (AvgIpc) is 1.98. The summed E-state index contributed by atoms with van der Waals surface area (Å²) in [5.41, 5.74) is 0. The maximum Gasteiger partial charge on any atom is 0.0592 e. The molecule has 0 aliphatic rings. The van der Waals surface area contributed by atoms with Crippen molar-refractivity contribution in [1.82, 2.24) is 0 Å². The Bertz CT molecular complexity index is 102. The smallest absolute Gasteiger partial charge is 0.0592 e. The zero-order valence-corrected chi connectivity index (χ0v) is 8.45. The van der Waals surface area contributed by atoms with Crippen molar-refractivity contribution in [3.8, 4) is 0 Å². The standard InChI is InChI=1S/C10H22O2/c1-4-5-9(7-11)10(12)6-8(2)3/h8-12H,4-7H2,1-3H3. The minimum Gasteiger partial charge on any atom is -0.396 e. The van der Waals surface area contributed by atoms with Gasteiger partial charge in [0.2, 0.25) is 0 Å². The van der Waals surface area contributed by atoms with E-state index in [0.29, 0.717) is 5.92 Å². The molecule has 0 aliphatic carbocycles. The van der Waals surface area contributed by atoms with Gasteiger partial charge in [-0.1, -0.05) is 27.2 Å². The highest BCUT2D eigenvalue weighted by atomic mass is 16.3. The second-order valence-corrected chi connectivity index (χ2v) is 3.93. The summed E-state index contributed by atoms with van der Waals surface area (Å²) in [4.78, 5) is 0. The van der Waals surface area contributed by atoms with Crippen molar-refractivity contribution in [1.29, 1.82) is 0 Å². The predicted molar refractivity (Wildman–Crippen MR) is 50.9 cm³/mol. The molecule has 0 bridgehead atoms. The predicted octanol–water partition coefficient (Wildman–Crippen LogP) is 1.80. The van der Waals surface area contributed by atoms with Crippen LogP contribution in [0.15, 0.2) is 0 Å². The molecule has 0 aromatic rings. The van der Waals surface area contributed by atoms with Gasteiger partial charge in [-0.2, -0.15) is 0 Å². The van der Waals surface area contributed by atoms with Gasteiger partial charge in [0.1, 0.15) is 0 Å². The van der Waals surface area contributed by atoms with Gasteiger partial charge in [0.15, 0.2) is 0 Å². The van der Waals surface area contributed by atoms with E-state index in [9.17, 15) is 5.11 Å². The molecule has 0 aromatic heterocycles. The van der Waals surface area contributed by atoms with Gasteiger partial charge >= 0.3 is 0 Å². The first-order valence-corrected chi connectivity index (χ1v) is 4.90. The normalized spacial score (nSPS) is 16.5. The molecule has 2 nitrogen and oxygen atoms in total. The van der Waals surface area contributed by atoms with E-state index in [1.54, 1.807) is 0 Å². The lowest BCUT2D eigenvalue weighted by Gasteiger charge is -2.21. The second kappa shape index (κ2) is 6.44. The molecule has 2 N–H and O–H groups in total. The zero-order valence-electron chi connectivity index (χ0n) is 8.45. The van der Waals surface area contributed by atoms with Crippen LogP contribution in [0.2, 0.25) is 0 Å². The monoisotopic (exact) mass is 174 g/mol. The Morgan fingerprint density at radius 1 is 1.25 bits per heavy atom. The van der Waals surface area contributed by atoms with E-state index in [4.69, 9.17) is 5.11 Å². The van der Waals surface area contributed by atoms with Crippen LogP contribution in [-0.2, 0) is 0 Å². The zero-order chi connectivity index (χ0) is 9.56. The van der Waals surface area contributed by atoms with Gasteiger partial charge in [-0.25, -0.2) is 0 Å². The molecule has 0 aromatic carbocycles. The molecule has 0 fully saturated rings. The third kappa shape index (κ3) is 4.73. The van der Waals surface area contributed by atoms with Crippen molar-refractivity contribution >= 4 is 0 Å². The van der Waals surface area contributed by atoms with Crippen LogP contribution in [0.3, 0.4) is 0 Å². The molecule has 74 valence electrons. The van der Waals surface area contributed by atoms with E-state index in [2.05, 4.69) is 20.8 Å². The number of hydrogen-bond acceptors (Lipinski definition) is 2. The maximum atomic E-state index is 9.65. The van der Waals surface area contributed by atoms with Gasteiger partial charge in [-0.05, 0) is 18.8 Å². The lowest BCUT2D eigenvalue weighted by molar-refractivity contribution is 0.0471. The summed E-state index contributed by atoms with van der Waals surface area (Å²) >= 11 is 0. The quantitative estimate of drug-likeness (QED) is 0.644. The number of aliphatic hydroxyl groups is 2. The summed E-state index contributed by atoms with van der Waals surface area (Å²) in [6, 6.07) is 0. The SMILES string of the molecule is CCCC(CO)C(O)CC(C)C. The first-order chi connectivity index (χ1) is 5.61. The largest absolute Gasteiger partial charge is 0.396 e. The number of hydrogen-bond donors (Lipinski definition) is 2. The first kappa shape index (κ1) is 11.9. The molecule has 0 aliphatic heterocycles. The summed E-state index contributed by atoms with van der Waals surface area (Å²) in [6.07, 6.45) is 2.42. The Morgan fingerprint density at radius 2 is 1.83 bits per heavy atom. The van der Waals surface area contributed by atoms with E-state index < -0.39 is 0 Å². The Hall–Kier alpha value is -0.0800. The van der Waals surface area contributed by atoms with Crippen LogP contribution < -0.4 is 0 Å². The molecule has 2 heteroatoms. The van der Waals surface area contributed by atoms with Gasteiger partial charge in [0.25, 0.3) is 0 Å². The molecule has 0 saturated heterocycles. The lowest BCUT2D eigenvalue weighted by atomic mass is 9.92. The van der Waals surface area contributed by atoms with Crippen molar-refractivity contribution < 1.29 is 10.2 Å². The molecular formula is C10H22O2. The molecule has 12 heavy (non-hydrogen) atoms. The van der Waals surface area contributed by atoms with Crippen molar-refractivity contribution in [3.05, 3.63) is 0 Å². The molecule has 2 atom stereocenters. The summed E-state index contributed by atoms with van der Waals surface area (Å²) in [5.74, 6) is 0.586. The highest BCUT2D eigenvalue weighted by Crippen LogP contribution is 2.17. The highest BCUT2D eigenvalue weighted by molar-refractivity contribution is 4.68. The molecular weight excluding hydrogens is 152 g/mol. The van der Waals surface area contributed by atoms with Gasteiger partial charge < -0.3 is 10.2 Å². The summed E-state index contributed by atoms with van der Waals surface area (Å²) < 4.78 is 0. The van der Waals surface area contributed by atoms with Crippen molar-refractivity contribution in [3.63, 3.8) is 0 Å². The van der Waals surface area contributed by atoms with Crippen LogP contribution in [0, 0.1) is 11.8 Å². The van der Waals surface area contributed by atoms with Crippen LogP contribution in [0.25, 0.3) is 0 Å². The maximum absolute atomic E-state index is 9.65. The Labute approximate surface area is 75.6 Å². The van der Waals surface area contributed by atoms with E-state index in [0.717, 1.165) is 19.3 Å². The van der Waals surface area contributed by atoms with Crippen molar-refractivity contribution in [2.24, 2.45) is 11.8 Å². The fraction of sp³-hybridized carbons (Fsp3) is 1.00. The fourth-order valence-electron chi connectivity index (χ4n) is 1.45. The highest BCUT2D eigenvalue weighted by Gasteiger charge is 2.18. The molecule has 0 rings (SSSR count). The molecule has 0 spiro atoms. The van der Waals surface area contributed by atoms with E-state index in [1.807, 2.05) is 0 Å². The van der Waals surface area contributed by atoms with E-state index in [-0.39, 0.29) is 18.6 Å². The third-order valence-corrected chi connectivity index (χ3v) is 2.15. The van der Waals surface area contributed by atoms with Crippen LogP contribution in [0.4, 0.5) is 0 Å². The molecule has 0 amide bonds. The van der Waals surface area contributed by atoms with Crippen LogP contribution >= 0.6 is 0 Å². The van der Waals surface area contributed by atoms with Gasteiger partial charge in [-0.3, -0.25) is 0 Å². The first-order valence-electron chi connectivity index (χ1n) is 4.90. The summed E-state index contributed by atoms with van der Waals surface area (Å²) in [5, 5.41) is 18.6. The summed E-state index contributed by atoms with van der Waals surface area (Å²) in [6.45, 7) is 6.36. The fourth-order valence-corrected chi connectivity index (χ4v) is 1.45. The van der Waals surface area contributed by atoms with Crippen molar-refractivity contribution in [2.45, 2.75) is 46.1 Å². The van der Waals surface area contributed by atoms with Crippen LogP contribution in [-0.4, -0.2) is 22.9 Å². The minimum absolute atomic E-state index is 0.0809.